The first-order valence-electron chi connectivity index (χ1n) is 6.49. The van der Waals surface area contributed by atoms with Gasteiger partial charge in [0.15, 0.2) is 5.82 Å². The van der Waals surface area contributed by atoms with Crippen molar-refractivity contribution in [3.8, 4) is 5.69 Å². The Labute approximate surface area is 145 Å². The highest BCUT2D eigenvalue weighted by atomic mass is 35.5. The van der Waals surface area contributed by atoms with Crippen molar-refractivity contribution in [3.05, 3.63) is 56.2 Å². The lowest BCUT2D eigenvalue weighted by Gasteiger charge is -2.14. The lowest BCUT2D eigenvalue weighted by Crippen LogP contribution is -2.28. The van der Waals surface area contributed by atoms with E-state index in [1.165, 1.54) is 0 Å². The minimum absolute atomic E-state index is 0.105. The van der Waals surface area contributed by atoms with Gasteiger partial charge in [-0.3, -0.25) is 9.00 Å². The first-order valence-corrected chi connectivity index (χ1v) is 7.95. The molecular formula is C13H9ClF4N3O3S-. The zero-order chi connectivity index (χ0) is 18.9. The molecule has 1 aromatic heterocycles. The Hall–Kier alpha value is -1.82. The normalized spacial score (nSPS) is 13.1. The monoisotopic (exact) mass is 398 g/mol. The van der Waals surface area contributed by atoms with Crippen molar-refractivity contribution >= 4 is 22.9 Å². The summed E-state index contributed by atoms with van der Waals surface area (Å²) in [6, 6.07) is 1.83. The second-order valence-corrected chi connectivity index (χ2v) is 6.01. The van der Waals surface area contributed by atoms with Gasteiger partial charge >= 0.3 is 6.18 Å². The second-order valence-electron chi connectivity index (χ2n) is 4.85. The standard InChI is InChI=1S/C13H10ClF4N3O3S/c1-6-8(13(16,17)18)5-19-21(12(6)22)11-2-7(4-20-25(23)24)9(14)3-10(11)15/h2-3,5,20H,4H2,1H3,(H,23,24)/p-1. The molecule has 0 saturated heterocycles. The molecule has 0 radical (unpaired) electrons. The van der Waals surface area contributed by atoms with Crippen LogP contribution in [-0.4, -0.2) is 18.5 Å². The molecule has 0 spiro atoms. The number of alkyl halides is 3. The Morgan fingerprint density at radius 1 is 1.40 bits per heavy atom. The van der Waals surface area contributed by atoms with E-state index >= 15 is 0 Å². The largest absolute Gasteiger partial charge is 0.760 e. The fraction of sp³-hybridized carbons (Fsp3) is 0.231. The lowest BCUT2D eigenvalue weighted by molar-refractivity contribution is -0.138. The molecule has 0 saturated carbocycles. The van der Waals surface area contributed by atoms with E-state index < -0.39 is 45.6 Å². The molecule has 0 bridgehead atoms. The van der Waals surface area contributed by atoms with Crippen LogP contribution in [0.15, 0.2) is 23.1 Å². The maximum absolute atomic E-state index is 14.1. The SMILES string of the molecule is Cc1c(C(F)(F)F)cnn(-c2cc(CNS(=O)[O-])c(Cl)cc2F)c1=O. The molecule has 0 amide bonds. The van der Waals surface area contributed by atoms with Crippen molar-refractivity contribution in [1.82, 2.24) is 14.5 Å². The summed E-state index contributed by atoms with van der Waals surface area (Å²) in [6.45, 7) is 0.636. The maximum atomic E-state index is 14.1. The molecule has 1 aromatic carbocycles. The molecular weight excluding hydrogens is 390 g/mol. The molecule has 1 atom stereocenters. The van der Waals surface area contributed by atoms with Crippen LogP contribution in [0.5, 0.6) is 0 Å². The minimum Gasteiger partial charge on any atom is -0.760 e. The number of rotatable bonds is 4. The highest BCUT2D eigenvalue weighted by molar-refractivity contribution is 7.77. The van der Waals surface area contributed by atoms with Gasteiger partial charge in [0.25, 0.3) is 5.56 Å². The zero-order valence-corrected chi connectivity index (χ0v) is 13.9. The van der Waals surface area contributed by atoms with E-state index in [9.17, 15) is 31.1 Å². The topological polar surface area (TPSA) is 87.1 Å². The van der Waals surface area contributed by atoms with Gasteiger partial charge in [-0.2, -0.15) is 23.0 Å². The number of nitrogens with one attached hydrogen (secondary N) is 1. The van der Waals surface area contributed by atoms with Crippen molar-refractivity contribution in [2.24, 2.45) is 0 Å². The van der Waals surface area contributed by atoms with Gasteiger partial charge in [0, 0.05) is 28.4 Å². The van der Waals surface area contributed by atoms with E-state index in [0.717, 1.165) is 19.1 Å². The summed E-state index contributed by atoms with van der Waals surface area (Å²) >= 11 is 3.18. The van der Waals surface area contributed by atoms with E-state index in [-0.39, 0.29) is 17.1 Å². The number of halogens is 5. The Balaban J connectivity index is 2.59. The van der Waals surface area contributed by atoms with E-state index in [0.29, 0.717) is 10.9 Å². The third-order valence-electron chi connectivity index (χ3n) is 3.25. The van der Waals surface area contributed by atoms with Crippen LogP contribution in [0.2, 0.25) is 5.02 Å². The smallest absolute Gasteiger partial charge is 0.418 e. The quantitative estimate of drug-likeness (QED) is 0.632. The van der Waals surface area contributed by atoms with Gasteiger partial charge in [-0.25, -0.2) is 9.11 Å². The van der Waals surface area contributed by atoms with Crippen molar-refractivity contribution in [3.63, 3.8) is 0 Å². The minimum atomic E-state index is -4.78. The zero-order valence-electron chi connectivity index (χ0n) is 12.4. The van der Waals surface area contributed by atoms with Crippen molar-refractivity contribution in [1.29, 1.82) is 0 Å². The van der Waals surface area contributed by atoms with E-state index in [4.69, 9.17) is 11.6 Å². The van der Waals surface area contributed by atoms with Crippen molar-refractivity contribution in [2.75, 3.05) is 0 Å². The number of hydrogen-bond donors (Lipinski definition) is 1. The lowest BCUT2D eigenvalue weighted by atomic mass is 10.1. The molecule has 0 aliphatic heterocycles. The molecule has 0 aliphatic carbocycles. The van der Waals surface area contributed by atoms with Gasteiger partial charge in [0.2, 0.25) is 0 Å². The van der Waals surface area contributed by atoms with Crippen LogP contribution in [0.3, 0.4) is 0 Å². The Bertz CT molecular complexity index is 901. The van der Waals surface area contributed by atoms with Gasteiger partial charge in [-0.1, -0.05) is 11.6 Å². The van der Waals surface area contributed by atoms with Crippen LogP contribution in [-0.2, 0) is 24.0 Å². The van der Waals surface area contributed by atoms with E-state index in [1.54, 1.807) is 0 Å². The van der Waals surface area contributed by atoms with Gasteiger partial charge in [0.05, 0.1) is 11.8 Å². The third-order valence-corrected chi connectivity index (χ3v) is 3.98. The number of benzene rings is 1. The predicted octanol–water partition coefficient (Wildman–Crippen LogP) is 2.24. The summed E-state index contributed by atoms with van der Waals surface area (Å²) in [5, 5.41) is 3.23. The molecule has 136 valence electrons. The van der Waals surface area contributed by atoms with E-state index in [2.05, 4.69) is 5.10 Å². The Morgan fingerprint density at radius 3 is 2.60 bits per heavy atom. The Morgan fingerprint density at radius 2 is 2.04 bits per heavy atom. The number of hydrogen-bond acceptors (Lipinski definition) is 4. The molecule has 1 N–H and O–H groups in total. The van der Waals surface area contributed by atoms with Gasteiger partial charge in [-0.05, 0) is 24.6 Å². The fourth-order valence-corrected chi connectivity index (χ4v) is 2.50. The third kappa shape index (κ3) is 4.24. The number of nitrogens with zero attached hydrogens (tertiary/aromatic N) is 2. The average molecular weight is 399 g/mol. The van der Waals surface area contributed by atoms with Crippen LogP contribution < -0.4 is 10.3 Å². The van der Waals surface area contributed by atoms with Crippen LogP contribution in [0, 0.1) is 12.7 Å². The summed E-state index contributed by atoms with van der Waals surface area (Å²) in [5.41, 5.74) is -3.40. The summed E-state index contributed by atoms with van der Waals surface area (Å²) < 4.78 is 76.0. The second kappa shape index (κ2) is 7.20. The molecule has 2 aromatic rings. The van der Waals surface area contributed by atoms with Crippen LogP contribution in [0.25, 0.3) is 5.69 Å². The molecule has 0 fully saturated rings. The van der Waals surface area contributed by atoms with Crippen LogP contribution >= 0.6 is 11.6 Å². The first kappa shape index (κ1) is 19.5. The van der Waals surface area contributed by atoms with Crippen molar-refractivity contribution < 1.29 is 26.3 Å². The highest BCUT2D eigenvalue weighted by Crippen LogP contribution is 2.30. The van der Waals surface area contributed by atoms with E-state index in [1.807, 2.05) is 4.72 Å². The van der Waals surface area contributed by atoms with Crippen LogP contribution in [0.1, 0.15) is 16.7 Å². The van der Waals surface area contributed by atoms with Crippen molar-refractivity contribution in [2.45, 2.75) is 19.6 Å². The molecule has 6 nitrogen and oxygen atoms in total. The molecule has 0 aliphatic rings. The summed E-state index contributed by atoms with van der Waals surface area (Å²) in [5.74, 6) is -1.01. The first-order chi connectivity index (χ1) is 11.5. The number of aromatic nitrogens is 2. The molecule has 1 heterocycles. The molecule has 25 heavy (non-hydrogen) atoms. The maximum Gasteiger partial charge on any atom is 0.418 e. The van der Waals surface area contributed by atoms with Gasteiger partial charge in [0.1, 0.15) is 5.69 Å². The average Bonchev–Trinajstić information content (AvgIpc) is 2.48. The molecule has 2 rings (SSSR count). The summed E-state index contributed by atoms with van der Waals surface area (Å²) in [6.07, 6.45) is -4.36. The molecule has 1 unspecified atom stereocenters. The summed E-state index contributed by atoms with van der Waals surface area (Å²) in [4.78, 5) is 12.1. The molecule has 12 heteroatoms. The highest BCUT2D eigenvalue weighted by Gasteiger charge is 2.34. The predicted molar refractivity (Wildman–Crippen MR) is 80.3 cm³/mol. The van der Waals surface area contributed by atoms with Crippen LogP contribution in [0.4, 0.5) is 17.6 Å². The Kier molecular flexibility index (Phi) is 5.62. The fourth-order valence-electron chi connectivity index (χ4n) is 2.01. The van der Waals surface area contributed by atoms with Gasteiger partial charge in [-0.15, -0.1) is 0 Å². The summed E-state index contributed by atoms with van der Waals surface area (Å²) in [7, 11) is 0. The van der Waals surface area contributed by atoms with Gasteiger partial charge < -0.3 is 4.55 Å².